The molecule has 0 fully saturated rings. The van der Waals surface area contributed by atoms with E-state index in [1.165, 1.54) is 0 Å². The molecule has 6 rings (SSSR count). The van der Waals surface area contributed by atoms with Crippen molar-refractivity contribution < 1.29 is 76.9 Å². The van der Waals surface area contributed by atoms with Crippen molar-refractivity contribution in [1.82, 2.24) is 0 Å². The van der Waals surface area contributed by atoms with Crippen LogP contribution in [0, 0.1) is 0 Å². The van der Waals surface area contributed by atoms with Gasteiger partial charge in [0.2, 0.25) is 0 Å². The molecule has 0 spiro atoms. The molecule has 4 N–H and O–H groups in total. The van der Waals surface area contributed by atoms with Crippen molar-refractivity contribution in [3.63, 3.8) is 0 Å². The summed E-state index contributed by atoms with van der Waals surface area (Å²) >= 11 is 0. The maximum Gasteiger partial charge on any atom is 0.331 e. The van der Waals surface area contributed by atoms with E-state index < -0.39 is 11.9 Å². The Hall–Kier alpha value is -5.88. The Labute approximate surface area is 398 Å². The first-order valence-electron chi connectivity index (χ1n) is 22.8. The smallest absolute Gasteiger partial charge is 0.331 e. The molecule has 2 aliphatic rings. The van der Waals surface area contributed by atoms with Gasteiger partial charge in [-0.3, -0.25) is 0 Å². The number of hydrogen-bond acceptors (Lipinski definition) is 14. The first-order chi connectivity index (χ1) is 32.8. The summed E-state index contributed by atoms with van der Waals surface area (Å²) in [4.78, 5) is 25.7. The van der Waals surface area contributed by atoms with Gasteiger partial charge in [-0.2, -0.15) is 0 Å². The highest BCUT2D eigenvalue weighted by atomic mass is 16.5. The zero-order valence-electron chi connectivity index (χ0n) is 40.6. The number of esters is 2. The Morgan fingerprint density at radius 3 is 1.65 bits per heavy atom. The highest BCUT2D eigenvalue weighted by molar-refractivity contribution is 5.91. The minimum Gasteiger partial charge on any atom is -0.496 e. The quantitative estimate of drug-likeness (QED) is 0.0356. The van der Waals surface area contributed by atoms with Gasteiger partial charge in [-0.15, -0.1) is 0 Å². The molecule has 0 saturated carbocycles. The van der Waals surface area contributed by atoms with E-state index in [0.29, 0.717) is 105 Å². The molecule has 4 aromatic rings. The van der Waals surface area contributed by atoms with Crippen LogP contribution in [0.1, 0.15) is 80.6 Å². The number of carbonyl (C=O) groups excluding carboxylic acids is 2. The average molecular weight is 945 g/mol. The Balaban J connectivity index is 1.09. The maximum atomic E-state index is 12.9. The van der Waals surface area contributed by atoms with Gasteiger partial charge < -0.3 is 67.3 Å². The van der Waals surface area contributed by atoms with E-state index in [1.807, 2.05) is 48.5 Å². The average Bonchev–Trinajstić information content (AvgIpc) is 3.36. The summed E-state index contributed by atoms with van der Waals surface area (Å²) in [5.74, 6) is 1.96. The third-order valence-corrected chi connectivity index (χ3v) is 13.7. The van der Waals surface area contributed by atoms with Gasteiger partial charge >= 0.3 is 11.9 Å². The van der Waals surface area contributed by atoms with Crippen LogP contribution in [0.2, 0.25) is 0 Å². The molecular weight excluding hydrogens is 877 g/mol. The van der Waals surface area contributed by atoms with Crippen molar-refractivity contribution in [3.05, 3.63) is 116 Å². The number of methoxy groups -OCH3 is 6. The number of aliphatic hydroxyl groups is 4. The van der Waals surface area contributed by atoms with Crippen molar-refractivity contribution in [2.24, 2.45) is 0 Å². The number of nitrogens with zero attached hydrogens (tertiary/aromatic N) is 2. The molecule has 4 aromatic carbocycles. The summed E-state index contributed by atoms with van der Waals surface area (Å²) in [6.45, 7) is 1.86. The van der Waals surface area contributed by atoms with Crippen LogP contribution in [0.25, 0.3) is 0 Å². The molecular formula is C52H68N2O14+2. The van der Waals surface area contributed by atoms with Crippen molar-refractivity contribution in [2.75, 3.05) is 96.1 Å². The van der Waals surface area contributed by atoms with Crippen LogP contribution in [0.5, 0.6) is 34.5 Å². The van der Waals surface area contributed by atoms with Crippen LogP contribution < -0.4 is 28.4 Å². The second-order valence-corrected chi connectivity index (χ2v) is 17.7. The van der Waals surface area contributed by atoms with Crippen molar-refractivity contribution in [3.8, 4) is 34.5 Å². The Bertz CT molecular complexity index is 2430. The molecule has 16 heteroatoms. The third-order valence-electron chi connectivity index (χ3n) is 13.7. The molecule has 2 aliphatic heterocycles. The van der Waals surface area contributed by atoms with E-state index in [-0.39, 0.29) is 51.7 Å². The second kappa shape index (κ2) is 22.9. The summed E-state index contributed by atoms with van der Waals surface area (Å²) in [7, 11) is 13.7. The number of likely N-dealkylation sites (N-methyl/N-ethyl adjacent to an activating group) is 2. The first-order valence-corrected chi connectivity index (χ1v) is 22.8. The number of carbonyl (C=O) groups is 2. The van der Waals surface area contributed by atoms with E-state index in [1.54, 1.807) is 42.7 Å². The lowest BCUT2D eigenvalue weighted by Crippen LogP contribution is -2.52. The predicted molar refractivity (Wildman–Crippen MR) is 252 cm³/mol. The SMILES string of the molecule is COc1ccc(C2c3c(cc(CO)c(CO)c3OC)CC[N+]2(C)CCCOC(=O)/C=C/C(=O)OCCC[N+]2(C)CCc3cc(OC)c(OC)cc3C2c2cc(CO)c(OC)c(OC)c2)cc1CO. The fraction of sp³-hybridized carbons (Fsp3) is 0.462. The molecule has 16 nitrogen and oxygen atoms in total. The largest absolute Gasteiger partial charge is 0.496 e. The van der Waals surface area contributed by atoms with Crippen molar-refractivity contribution in [1.29, 1.82) is 0 Å². The van der Waals surface area contributed by atoms with Gasteiger partial charge in [-0.25, -0.2) is 9.59 Å². The second-order valence-electron chi connectivity index (χ2n) is 17.7. The van der Waals surface area contributed by atoms with Gasteiger partial charge in [-0.05, 0) is 59.2 Å². The van der Waals surface area contributed by atoms with Gasteiger partial charge in [0.15, 0.2) is 23.0 Å². The highest BCUT2D eigenvalue weighted by Gasteiger charge is 2.44. The molecule has 68 heavy (non-hydrogen) atoms. The van der Waals surface area contributed by atoms with Crippen LogP contribution in [-0.4, -0.2) is 137 Å². The summed E-state index contributed by atoms with van der Waals surface area (Å²) in [6.07, 6.45) is 4.61. The molecule has 4 unspecified atom stereocenters. The molecule has 0 radical (unpaired) electrons. The minimum atomic E-state index is -0.671. The molecule has 4 atom stereocenters. The van der Waals surface area contributed by atoms with Crippen LogP contribution in [-0.2, 0) is 58.3 Å². The van der Waals surface area contributed by atoms with E-state index in [2.05, 4.69) is 14.1 Å². The molecule has 0 amide bonds. The van der Waals surface area contributed by atoms with Crippen LogP contribution in [0.15, 0.2) is 60.7 Å². The molecule has 0 aliphatic carbocycles. The zero-order chi connectivity index (χ0) is 49.2. The van der Waals surface area contributed by atoms with Crippen molar-refractivity contribution >= 4 is 11.9 Å². The standard InChI is InChI=1S/C52H68N2O14/c1-53(19-15-33-26-43(62-4)44(63-5)28-40(33)49(53)36-25-39(31-57)51(65-7)45(27-36)64-6)17-9-21-67-46(59)13-14-47(60)68-22-10-18-54(2)20-16-34-23-37(29-55)41(32-58)52(66-8)48(34)50(54)35-11-12-42(61-3)38(24-35)30-56/h11-14,23-28,49-50,55-58H,9-10,15-22,29-32H2,1-8H3/q+2/b14-13+. The third kappa shape index (κ3) is 10.7. The van der Waals surface area contributed by atoms with Crippen LogP contribution in [0.3, 0.4) is 0 Å². The van der Waals surface area contributed by atoms with E-state index in [9.17, 15) is 30.0 Å². The fourth-order valence-electron chi connectivity index (χ4n) is 10.4. The maximum absolute atomic E-state index is 12.9. The summed E-state index contributed by atoms with van der Waals surface area (Å²) in [6, 6.07) is 15.1. The molecule has 2 heterocycles. The van der Waals surface area contributed by atoms with E-state index in [0.717, 1.165) is 58.5 Å². The lowest BCUT2D eigenvalue weighted by atomic mass is 9.82. The Kier molecular flexibility index (Phi) is 17.4. The molecule has 0 bridgehead atoms. The fourth-order valence-corrected chi connectivity index (χ4v) is 10.4. The predicted octanol–water partition coefficient (Wildman–Crippen LogP) is 5.01. The topological polar surface area (TPSA) is 189 Å². The monoisotopic (exact) mass is 944 g/mol. The number of rotatable bonds is 22. The summed E-state index contributed by atoms with van der Waals surface area (Å²) in [5, 5.41) is 41.1. The van der Waals surface area contributed by atoms with Gasteiger partial charge in [-0.1, -0.05) is 6.07 Å². The number of benzene rings is 4. The number of hydrogen-bond donors (Lipinski definition) is 4. The van der Waals surface area contributed by atoms with Gasteiger partial charge in [0.1, 0.15) is 23.6 Å². The minimum absolute atomic E-state index is 0.0952. The number of ether oxygens (including phenoxy) is 8. The lowest BCUT2D eigenvalue weighted by Gasteiger charge is -2.46. The normalized spacial score (nSPS) is 19.7. The molecule has 0 saturated heterocycles. The van der Waals surface area contributed by atoms with E-state index >= 15 is 0 Å². The van der Waals surface area contributed by atoms with Crippen molar-refractivity contribution in [2.45, 2.75) is 64.2 Å². The first kappa shape index (κ1) is 51.5. The lowest BCUT2D eigenvalue weighted by molar-refractivity contribution is -0.935. The molecule has 368 valence electrons. The van der Waals surface area contributed by atoms with Gasteiger partial charge in [0, 0.05) is 71.2 Å². The van der Waals surface area contributed by atoms with Crippen LogP contribution in [0.4, 0.5) is 0 Å². The Morgan fingerprint density at radius 1 is 0.559 bits per heavy atom. The number of aliphatic hydroxyl groups excluding tert-OH is 4. The highest BCUT2D eigenvalue weighted by Crippen LogP contribution is 2.49. The van der Waals surface area contributed by atoms with Gasteiger partial charge in [0.05, 0.1) is 128 Å². The zero-order valence-corrected chi connectivity index (χ0v) is 40.6. The molecule has 0 aromatic heterocycles. The number of quaternary nitrogens is 2. The summed E-state index contributed by atoms with van der Waals surface area (Å²) < 4.78 is 46.3. The van der Waals surface area contributed by atoms with Gasteiger partial charge in [0.25, 0.3) is 0 Å². The van der Waals surface area contributed by atoms with Crippen LogP contribution >= 0.6 is 0 Å². The summed E-state index contributed by atoms with van der Waals surface area (Å²) in [5.41, 5.74) is 8.23. The van der Waals surface area contributed by atoms with E-state index in [4.69, 9.17) is 37.9 Å². The Morgan fingerprint density at radius 2 is 1.10 bits per heavy atom. The number of fused-ring (bicyclic) bond motifs is 2.